The second-order valence-corrected chi connectivity index (χ2v) is 4.93. The van der Waals surface area contributed by atoms with Gasteiger partial charge in [0.25, 0.3) is 0 Å². The minimum atomic E-state index is -0.318. The summed E-state index contributed by atoms with van der Waals surface area (Å²) < 4.78 is 12.5. The molecule has 0 amide bonds. The Morgan fingerprint density at radius 3 is 2.71 bits per heavy atom. The Balaban J connectivity index is 1.87. The highest BCUT2D eigenvalue weighted by molar-refractivity contribution is 5.20. The second-order valence-electron chi connectivity index (χ2n) is 4.93. The first-order valence-electron chi connectivity index (χ1n) is 7.07. The van der Waals surface area contributed by atoms with Crippen LogP contribution in [0, 0.1) is 5.21 Å². The summed E-state index contributed by atoms with van der Waals surface area (Å²) in [7, 11) is 0. The van der Waals surface area contributed by atoms with Crippen molar-refractivity contribution in [1.82, 2.24) is 5.32 Å². The molecule has 3 rings (SSSR count). The van der Waals surface area contributed by atoms with E-state index >= 15 is 0 Å². The highest BCUT2D eigenvalue weighted by Gasteiger charge is 2.29. The molecule has 1 fully saturated rings. The van der Waals surface area contributed by atoms with Gasteiger partial charge in [-0.25, -0.2) is 0 Å². The van der Waals surface area contributed by atoms with Crippen molar-refractivity contribution in [2.75, 3.05) is 19.7 Å². The van der Waals surface area contributed by atoms with Gasteiger partial charge in [-0.05, 0) is 11.6 Å². The number of aromatic nitrogens is 1. The van der Waals surface area contributed by atoms with Gasteiger partial charge in [0.2, 0.25) is 0 Å². The molecule has 5 nitrogen and oxygen atoms in total. The molecule has 0 spiro atoms. The van der Waals surface area contributed by atoms with E-state index in [1.807, 2.05) is 30.3 Å². The number of hydrogen-bond donors (Lipinski definition) is 1. The largest absolute Gasteiger partial charge is 0.616 e. The quantitative estimate of drug-likeness (QED) is 0.682. The SMILES string of the molecule is [O-][n+]1ccccc1O[C@@H](c1ccccc1)[C@@H]1CNCCO1. The summed E-state index contributed by atoms with van der Waals surface area (Å²) in [5, 5.41) is 15.1. The van der Waals surface area contributed by atoms with Gasteiger partial charge in [0.15, 0.2) is 12.3 Å². The highest BCUT2D eigenvalue weighted by Crippen LogP contribution is 2.25. The number of morpholine rings is 1. The summed E-state index contributed by atoms with van der Waals surface area (Å²) in [6.07, 6.45) is 0.986. The van der Waals surface area contributed by atoms with Crippen LogP contribution in [0.15, 0.2) is 54.7 Å². The summed E-state index contributed by atoms with van der Waals surface area (Å²) in [6.45, 7) is 2.18. The summed E-state index contributed by atoms with van der Waals surface area (Å²) >= 11 is 0. The number of nitrogens with one attached hydrogen (secondary N) is 1. The highest BCUT2D eigenvalue weighted by atomic mass is 16.6. The normalized spacial score (nSPS) is 19.9. The Kier molecular flexibility index (Phi) is 4.33. The third kappa shape index (κ3) is 3.32. The smallest absolute Gasteiger partial charge is 0.380 e. The Morgan fingerprint density at radius 1 is 1.19 bits per heavy atom. The lowest BCUT2D eigenvalue weighted by molar-refractivity contribution is -0.614. The lowest BCUT2D eigenvalue weighted by Gasteiger charge is -2.30. The summed E-state index contributed by atoms with van der Waals surface area (Å²) in [5.74, 6) is 0.278. The average Bonchev–Trinajstić information content (AvgIpc) is 2.56. The minimum Gasteiger partial charge on any atom is -0.616 e. The zero-order valence-electron chi connectivity index (χ0n) is 11.6. The van der Waals surface area contributed by atoms with Crippen LogP contribution in [0.25, 0.3) is 0 Å². The number of pyridine rings is 1. The van der Waals surface area contributed by atoms with E-state index in [4.69, 9.17) is 9.47 Å². The molecule has 0 bridgehead atoms. The molecule has 0 aliphatic carbocycles. The van der Waals surface area contributed by atoms with E-state index in [1.54, 1.807) is 18.2 Å². The molecule has 1 aromatic carbocycles. The molecule has 2 heterocycles. The lowest BCUT2D eigenvalue weighted by Crippen LogP contribution is -2.44. The van der Waals surface area contributed by atoms with Gasteiger partial charge in [0, 0.05) is 19.2 Å². The number of hydrogen-bond acceptors (Lipinski definition) is 4. The molecule has 0 radical (unpaired) electrons. The van der Waals surface area contributed by atoms with Gasteiger partial charge in [-0.2, -0.15) is 0 Å². The van der Waals surface area contributed by atoms with Crippen molar-refractivity contribution in [3.8, 4) is 5.88 Å². The Hall–Kier alpha value is -2.11. The van der Waals surface area contributed by atoms with E-state index in [9.17, 15) is 5.21 Å². The van der Waals surface area contributed by atoms with Crippen molar-refractivity contribution in [1.29, 1.82) is 0 Å². The molecule has 21 heavy (non-hydrogen) atoms. The molecule has 1 saturated heterocycles. The van der Waals surface area contributed by atoms with E-state index in [0.717, 1.165) is 16.8 Å². The summed E-state index contributed by atoms with van der Waals surface area (Å²) in [5.41, 5.74) is 0.995. The van der Waals surface area contributed by atoms with Crippen LogP contribution >= 0.6 is 0 Å². The molecule has 1 aromatic heterocycles. The van der Waals surface area contributed by atoms with Crippen molar-refractivity contribution in [2.24, 2.45) is 0 Å². The molecule has 110 valence electrons. The monoisotopic (exact) mass is 286 g/mol. The molecule has 2 aromatic rings. The minimum absolute atomic E-state index is 0.124. The molecule has 1 N–H and O–H groups in total. The molecule has 5 heteroatoms. The van der Waals surface area contributed by atoms with Crippen LogP contribution in [0.5, 0.6) is 5.88 Å². The van der Waals surface area contributed by atoms with Gasteiger partial charge in [-0.3, -0.25) is 0 Å². The summed E-state index contributed by atoms with van der Waals surface area (Å²) in [6, 6.07) is 15.0. The van der Waals surface area contributed by atoms with Crippen molar-refractivity contribution in [3.05, 3.63) is 65.5 Å². The summed E-state index contributed by atoms with van der Waals surface area (Å²) in [4.78, 5) is 0. The van der Waals surface area contributed by atoms with Crippen LogP contribution < -0.4 is 14.8 Å². The van der Waals surface area contributed by atoms with E-state index < -0.39 is 0 Å². The fraction of sp³-hybridized carbons (Fsp3) is 0.312. The van der Waals surface area contributed by atoms with Crippen LogP contribution in [0.3, 0.4) is 0 Å². The molecule has 0 unspecified atom stereocenters. The van der Waals surface area contributed by atoms with Crippen LogP contribution in [-0.2, 0) is 4.74 Å². The Labute approximate surface area is 123 Å². The van der Waals surface area contributed by atoms with E-state index in [-0.39, 0.29) is 18.1 Å². The molecular formula is C16H18N2O3. The topological polar surface area (TPSA) is 57.4 Å². The van der Waals surface area contributed by atoms with Gasteiger partial charge < -0.3 is 20.0 Å². The number of rotatable bonds is 4. The van der Waals surface area contributed by atoms with E-state index in [2.05, 4.69) is 5.32 Å². The number of nitrogens with zero attached hydrogens (tertiary/aromatic N) is 1. The van der Waals surface area contributed by atoms with E-state index in [1.165, 1.54) is 6.20 Å². The van der Waals surface area contributed by atoms with Gasteiger partial charge in [-0.1, -0.05) is 30.3 Å². The predicted octanol–water partition coefficient (Wildman–Crippen LogP) is 1.43. The predicted molar refractivity (Wildman–Crippen MR) is 77.8 cm³/mol. The van der Waals surface area contributed by atoms with Gasteiger partial charge in [-0.15, -0.1) is 4.73 Å². The Morgan fingerprint density at radius 2 is 2.00 bits per heavy atom. The number of benzene rings is 1. The van der Waals surface area contributed by atoms with E-state index in [0.29, 0.717) is 13.2 Å². The maximum absolute atomic E-state index is 11.8. The van der Waals surface area contributed by atoms with Crippen molar-refractivity contribution in [3.63, 3.8) is 0 Å². The maximum atomic E-state index is 11.8. The first-order chi connectivity index (χ1) is 10.3. The van der Waals surface area contributed by atoms with Gasteiger partial charge >= 0.3 is 5.88 Å². The van der Waals surface area contributed by atoms with Crippen molar-refractivity contribution in [2.45, 2.75) is 12.2 Å². The lowest BCUT2D eigenvalue weighted by atomic mass is 10.0. The fourth-order valence-electron chi connectivity index (χ4n) is 2.42. The van der Waals surface area contributed by atoms with Crippen LogP contribution in [0.4, 0.5) is 0 Å². The number of ether oxygens (including phenoxy) is 2. The van der Waals surface area contributed by atoms with Gasteiger partial charge in [0.1, 0.15) is 6.10 Å². The zero-order chi connectivity index (χ0) is 14.5. The average molecular weight is 286 g/mol. The van der Waals surface area contributed by atoms with Gasteiger partial charge in [0.05, 0.1) is 12.7 Å². The van der Waals surface area contributed by atoms with Crippen LogP contribution in [-0.4, -0.2) is 25.8 Å². The van der Waals surface area contributed by atoms with Crippen molar-refractivity contribution < 1.29 is 14.2 Å². The third-order valence-electron chi connectivity index (χ3n) is 3.46. The standard InChI is InChI=1S/C16H18N2O3/c19-18-10-5-4-8-15(18)21-16(13-6-2-1-3-7-13)14-12-17-9-11-20-14/h1-8,10,14,16-17H,9,11-12H2/t14-,16-/m0/s1. The second kappa shape index (κ2) is 6.56. The Bertz CT molecular complexity index is 571. The zero-order valence-corrected chi connectivity index (χ0v) is 11.6. The van der Waals surface area contributed by atoms with Crippen LogP contribution in [0.2, 0.25) is 0 Å². The first kappa shape index (κ1) is 13.9. The molecule has 0 saturated carbocycles. The van der Waals surface area contributed by atoms with Crippen LogP contribution in [0.1, 0.15) is 11.7 Å². The molecule has 1 aliphatic heterocycles. The molecule has 2 atom stereocenters. The molecular weight excluding hydrogens is 268 g/mol. The van der Waals surface area contributed by atoms with Crippen molar-refractivity contribution >= 4 is 0 Å². The molecule has 1 aliphatic rings. The third-order valence-corrected chi connectivity index (χ3v) is 3.46. The first-order valence-corrected chi connectivity index (χ1v) is 7.07. The fourth-order valence-corrected chi connectivity index (χ4v) is 2.42. The maximum Gasteiger partial charge on any atom is 0.380 e.